The summed E-state index contributed by atoms with van der Waals surface area (Å²) in [6.45, 7) is 6.23. The van der Waals surface area contributed by atoms with Gasteiger partial charge in [0, 0.05) is 11.8 Å². The number of rotatable bonds is 7. The zero-order valence-corrected chi connectivity index (χ0v) is 15.2. The van der Waals surface area contributed by atoms with Crippen molar-refractivity contribution in [3.05, 3.63) is 71.8 Å². The Kier molecular flexibility index (Phi) is 6.70. The molecule has 2 rings (SSSR count). The number of amides is 1. The second-order valence-corrected chi connectivity index (χ2v) is 6.23. The maximum Gasteiger partial charge on any atom is 0.248 e. The van der Waals surface area contributed by atoms with Crippen molar-refractivity contribution in [2.75, 3.05) is 5.32 Å². The number of hydrogen-bond donors (Lipinski definition) is 1. The fourth-order valence-electron chi connectivity index (χ4n) is 2.91. The van der Waals surface area contributed by atoms with Gasteiger partial charge in [0.15, 0.2) is 0 Å². The van der Waals surface area contributed by atoms with E-state index in [0.29, 0.717) is 0 Å². The third-order valence-corrected chi connectivity index (χ3v) is 4.13. The number of anilines is 1. The van der Waals surface area contributed by atoms with Crippen LogP contribution in [0.2, 0.25) is 0 Å². The van der Waals surface area contributed by atoms with E-state index in [2.05, 4.69) is 30.2 Å². The average molecular weight is 334 g/mol. The quantitative estimate of drug-likeness (QED) is 0.531. The predicted octanol–water partition coefficient (Wildman–Crippen LogP) is 5.44. The van der Waals surface area contributed by atoms with E-state index < -0.39 is 0 Å². The van der Waals surface area contributed by atoms with Crippen molar-refractivity contribution in [1.29, 1.82) is 0 Å². The van der Waals surface area contributed by atoms with E-state index >= 15 is 0 Å². The molecule has 0 bridgehead atoms. The smallest absolute Gasteiger partial charge is 0.248 e. The summed E-state index contributed by atoms with van der Waals surface area (Å²) in [5.74, 6) is -0.141. The Bertz CT molecular complexity index is 750. The first-order valence-corrected chi connectivity index (χ1v) is 8.72. The first kappa shape index (κ1) is 18.7. The van der Waals surface area contributed by atoms with E-state index in [4.69, 9.17) is 0 Å². The molecule has 1 N–H and O–H groups in total. The van der Waals surface area contributed by atoms with Crippen molar-refractivity contribution in [2.24, 2.45) is 4.99 Å². The standard InChI is InChI=1S/C22H26N2O/c1-4-16-22(3,23-5-2)19-12-9-13-20(17-19)24-21(25)15-14-18-10-7-6-8-11-18/h5-15,17H,4,16H2,1-3H3,(H,24,25)/b15-14+,23-5-. The van der Waals surface area contributed by atoms with E-state index in [-0.39, 0.29) is 11.4 Å². The van der Waals surface area contributed by atoms with E-state index in [9.17, 15) is 4.79 Å². The number of carbonyl (C=O) groups is 1. The molecule has 130 valence electrons. The Labute approximate surface area is 150 Å². The number of benzene rings is 2. The van der Waals surface area contributed by atoms with Gasteiger partial charge in [-0.05, 0) is 55.8 Å². The summed E-state index contributed by atoms with van der Waals surface area (Å²) in [4.78, 5) is 16.8. The monoisotopic (exact) mass is 334 g/mol. The highest BCUT2D eigenvalue weighted by molar-refractivity contribution is 6.01. The van der Waals surface area contributed by atoms with Gasteiger partial charge in [-0.15, -0.1) is 0 Å². The van der Waals surface area contributed by atoms with Crippen LogP contribution in [0.15, 0.2) is 65.7 Å². The van der Waals surface area contributed by atoms with E-state index in [0.717, 1.165) is 29.7 Å². The zero-order valence-electron chi connectivity index (χ0n) is 15.2. The number of nitrogens with zero attached hydrogens (tertiary/aromatic N) is 1. The van der Waals surface area contributed by atoms with Gasteiger partial charge in [-0.2, -0.15) is 0 Å². The lowest BCUT2D eigenvalue weighted by Crippen LogP contribution is -2.19. The van der Waals surface area contributed by atoms with Gasteiger partial charge in [0.25, 0.3) is 0 Å². The number of hydrogen-bond acceptors (Lipinski definition) is 2. The van der Waals surface area contributed by atoms with Crippen molar-refractivity contribution < 1.29 is 4.79 Å². The van der Waals surface area contributed by atoms with Gasteiger partial charge in [0.2, 0.25) is 5.91 Å². The molecule has 0 aliphatic rings. The van der Waals surface area contributed by atoms with Crippen LogP contribution < -0.4 is 5.32 Å². The Morgan fingerprint density at radius 1 is 1.16 bits per heavy atom. The van der Waals surface area contributed by atoms with E-state index in [1.54, 1.807) is 6.08 Å². The lowest BCUT2D eigenvalue weighted by Gasteiger charge is -2.26. The molecule has 1 unspecified atom stereocenters. The van der Waals surface area contributed by atoms with Crippen molar-refractivity contribution in [3.8, 4) is 0 Å². The lowest BCUT2D eigenvalue weighted by atomic mass is 9.88. The second-order valence-electron chi connectivity index (χ2n) is 6.23. The lowest BCUT2D eigenvalue weighted by molar-refractivity contribution is -0.111. The molecule has 0 aliphatic heterocycles. The molecule has 0 aromatic heterocycles. The molecular formula is C22H26N2O. The minimum absolute atomic E-state index is 0.141. The summed E-state index contributed by atoms with van der Waals surface area (Å²) in [5.41, 5.74) is 2.63. The molecule has 0 aliphatic carbocycles. The van der Waals surface area contributed by atoms with Gasteiger partial charge < -0.3 is 5.32 Å². The third-order valence-electron chi connectivity index (χ3n) is 4.13. The van der Waals surface area contributed by atoms with Gasteiger partial charge in [0.1, 0.15) is 0 Å². The van der Waals surface area contributed by atoms with Crippen LogP contribution in [-0.2, 0) is 10.3 Å². The minimum atomic E-state index is -0.260. The summed E-state index contributed by atoms with van der Waals surface area (Å²) < 4.78 is 0. The highest BCUT2D eigenvalue weighted by atomic mass is 16.1. The number of nitrogens with one attached hydrogen (secondary N) is 1. The molecular weight excluding hydrogens is 308 g/mol. The SMILES string of the molecule is C/C=N\C(C)(CCC)c1cccc(NC(=O)/C=C/c2ccccc2)c1. The van der Waals surface area contributed by atoms with Crippen LogP contribution in [0.4, 0.5) is 5.69 Å². The largest absolute Gasteiger partial charge is 0.323 e. The van der Waals surface area contributed by atoms with Crippen LogP contribution in [0.25, 0.3) is 6.08 Å². The molecule has 3 heteroatoms. The van der Waals surface area contributed by atoms with Gasteiger partial charge in [-0.25, -0.2) is 0 Å². The third kappa shape index (κ3) is 5.42. The Morgan fingerprint density at radius 2 is 1.92 bits per heavy atom. The van der Waals surface area contributed by atoms with Crippen LogP contribution in [-0.4, -0.2) is 12.1 Å². The topological polar surface area (TPSA) is 41.5 Å². The van der Waals surface area contributed by atoms with Crippen molar-refractivity contribution in [3.63, 3.8) is 0 Å². The van der Waals surface area contributed by atoms with E-state index in [1.165, 1.54) is 0 Å². The molecule has 1 amide bonds. The van der Waals surface area contributed by atoms with Gasteiger partial charge >= 0.3 is 0 Å². The van der Waals surface area contributed by atoms with Crippen LogP contribution in [0.3, 0.4) is 0 Å². The molecule has 0 saturated carbocycles. The maximum absolute atomic E-state index is 12.2. The molecule has 25 heavy (non-hydrogen) atoms. The fraction of sp³-hybridized carbons (Fsp3) is 0.273. The molecule has 0 radical (unpaired) electrons. The first-order valence-electron chi connectivity index (χ1n) is 8.72. The molecule has 0 spiro atoms. The first-order chi connectivity index (χ1) is 12.1. The fourth-order valence-corrected chi connectivity index (χ4v) is 2.91. The van der Waals surface area contributed by atoms with Crippen molar-refractivity contribution in [1.82, 2.24) is 0 Å². The van der Waals surface area contributed by atoms with Crippen molar-refractivity contribution >= 4 is 23.9 Å². The van der Waals surface area contributed by atoms with Crippen LogP contribution in [0, 0.1) is 0 Å². The molecule has 0 heterocycles. The number of aliphatic imine (C=N–C) groups is 1. The molecule has 0 fully saturated rings. The van der Waals surface area contributed by atoms with Crippen LogP contribution in [0.5, 0.6) is 0 Å². The maximum atomic E-state index is 12.2. The highest BCUT2D eigenvalue weighted by Crippen LogP contribution is 2.31. The Hall–Kier alpha value is -2.68. The molecule has 2 aromatic carbocycles. The molecule has 0 saturated heterocycles. The van der Waals surface area contributed by atoms with Gasteiger partial charge in [-0.3, -0.25) is 9.79 Å². The summed E-state index contributed by atoms with van der Waals surface area (Å²) in [6, 6.07) is 17.7. The normalized spacial score (nSPS) is 13.9. The molecule has 1 atom stereocenters. The molecule has 2 aromatic rings. The van der Waals surface area contributed by atoms with Gasteiger partial charge in [0.05, 0.1) is 5.54 Å². The zero-order chi connectivity index (χ0) is 18.1. The molecule has 3 nitrogen and oxygen atoms in total. The number of carbonyl (C=O) groups excluding carboxylic acids is 1. The highest BCUT2D eigenvalue weighted by Gasteiger charge is 2.24. The average Bonchev–Trinajstić information content (AvgIpc) is 2.61. The van der Waals surface area contributed by atoms with Crippen LogP contribution >= 0.6 is 0 Å². The predicted molar refractivity (Wildman–Crippen MR) is 107 cm³/mol. The summed E-state index contributed by atoms with van der Waals surface area (Å²) >= 11 is 0. The summed E-state index contributed by atoms with van der Waals surface area (Å²) in [7, 11) is 0. The van der Waals surface area contributed by atoms with Crippen molar-refractivity contribution in [2.45, 2.75) is 39.2 Å². The minimum Gasteiger partial charge on any atom is -0.323 e. The summed E-state index contributed by atoms with van der Waals surface area (Å²) in [6.07, 6.45) is 7.22. The Balaban J connectivity index is 2.13. The Morgan fingerprint density at radius 3 is 2.60 bits per heavy atom. The summed E-state index contributed by atoms with van der Waals surface area (Å²) in [5, 5.41) is 2.93. The van der Waals surface area contributed by atoms with Crippen LogP contribution in [0.1, 0.15) is 44.7 Å². The van der Waals surface area contributed by atoms with E-state index in [1.807, 2.05) is 67.7 Å². The second kappa shape index (κ2) is 8.97. The van der Waals surface area contributed by atoms with Gasteiger partial charge in [-0.1, -0.05) is 55.8 Å².